The molecule has 10 aromatic rings. The van der Waals surface area contributed by atoms with E-state index >= 15 is 0 Å². The highest BCUT2D eigenvalue weighted by atomic mass is 16.3. The average molecular weight is 800 g/mol. The van der Waals surface area contributed by atoms with Gasteiger partial charge in [0.2, 0.25) is 0 Å². The largest absolute Gasteiger partial charge is 0.507 e. The Bertz CT molecular complexity index is 3200. The van der Waals surface area contributed by atoms with Crippen LogP contribution >= 0.6 is 0 Å². The van der Waals surface area contributed by atoms with Crippen molar-refractivity contribution in [1.29, 1.82) is 0 Å². The van der Waals surface area contributed by atoms with Crippen molar-refractivity contribution in [2.75, 3.05) is 0 Å². The summed E-state index contributed by atoms with van der Waals surface area (Å²) in [6, 6.07) is 71.9. The van der Waals surface area contributed by atoms with Crippen LogP contribution in [0.2, 0.25) is 0 Å². The van der Waals surface area contributed by atoms with Gasteiger partial charge in [-0.1, -0.05) is 166 Å². The van der Waals surface area contributed by atoms with E-state index in [1.807, 2.05) is 36.5 Å². The number of phenols is 1. The van der Waals surface area contributed by atoms with Gasteiger partial charge in [-0.3, -0.25) is 9.55 Å². The minimum atomic E-state index is -0.124. The highest BCUT2D eigenvalue weighted by molar-refractivity contribution is 5.98. The quantitative estimate of drug-likeness (QED) is 0.167. The Kier molecular flexibility index (Phi) is 9.90. The molecule has 1 N–H and O–H groups in total. The van der Waals surface area contributed by atoms with Gasteiger partial charge < -0.3 is 5.11 Å². The van der Waals surface area contributed by atoms with Crippen molar-refractivity contribution < 1.29 is 5.11 Å². The van der Waals surface area contributed by atoms with E-state index in [0.717, 1.165) is 72.5 Å². The minimum Gasteiger partial charge on any atom is -0.507 e. The molecule has 0 bridgehead atoms. The summed E-state index contributed by atoms with van der Waals surface area (Å²) in [6.07, 6.45) is 1.90. The molecule has 0 unspecified atom stereocenters. The first-order chi connectivity index (χ1) is 30.3. The molecule has 0 aliphatic heterocycles. The van der Waals surface area contributed by atoms with Crippen LogP contribution in [-0.4, -0.2) is 19.6 Å². The normalized spacial score (nSPS) is 11.5. The van der Waals surface area contributed by atoms with Crippen molar-refractivity contribution in [3.63, 3.8) is 0 Å². The number of aromatic nitrogens is 3. The molecular weight excluding hydrogens is 755 g/mol. The van der Waals surface area contributed by atoms with E-state index in [0.29, 0.717) is 11.4 Å². The lowest BCUT2D eigenvalue weighted by molar-refractivity contribution is 0.477. The molecule has 62 heavy (non-hydrogen) atoms. The van der Waals surface area contributed by atoms with Crippen molar-refractivity contribution >= 4 is 11.0 Å². The van der Waals surface area contributed by atoms with Crippen molar-refractivity contribution in [2.45, 2.75) is 26.2 Å². The molecule has 0 fully saturated rings. The smallest absolute Gasteiger partial charge is 0.149 e. The van der Waals surface area contributed by atoms with Crippen molar-refractivity contribution in [3.05, 3.63) is 218 Å². The number of hydrogen-bond donors (Lipinski definition) is 1. The van der Waals surface area contributed by atoms with E-state index in [-0.39, 0.29) is 11.2 Å². The number of benzene rings is 8. The monoisotopic (exact) mass is 799 g/mol. The molecule has 0 aliphatic carbocycles. The summed E-state index contributed by atoms with van der Waals surface area (Å²) in [6.45, 7) is 6.75. The lowest BCUT2D eigenvalue weighted by Gasteiger charge is -2.22. The Morgan fingerprint density at radius 2 is 0.952 bits per heavy atom. The van der Waals surface area contributed by atoms with Crippen LogP contribution in [0.4, 0.5) is 0 Å². The van der Waals surface area contributed by atoms with Crippen LogP contribution < -0.4 is 0 Å². The van der Waals surface area contributed by atoms with Gasteiger partial charge in [0.15, 0.2) is 0 Å². The van der Waals surface area contributed by atoms with Crippen LogP contribution in [0.25, 0.3) is 95.0 Å². The van der Waals surface area contributed by atoms with E-state index in [1.54, 1.807) is 6.07 Å². The molecule has 298 valence electrons. The standard InChI is InChI=1S/C58H45N3O/c1-58(2,3)49-35-46(41-20-11-6-12-21-41)36-50(38-49)61-54-24-15-23-51(56(54)60-57(61)52-22-13-14-25-55(52)62)47-32-45(40-18-9-5-10-19-40)33-48(34-47)53-37-44(30-31-59-53)43-28-26-42(27-29-43)39-16-7-4-8-17-39/h4-38,62H,1-3H3. The molecular formula is C58H45N3O. The molecule has 4 heteroatoms. The second-order valence-corrected chi connectivity index (χ2v) is 16.9. The van der Waals surface area contributed by atoms with Gasteiger partial charge in [-0.15, -0.1) is 0 Å². The summed E-state index contributed by atoms with van der Waals surface area (Å²) in [5.74, 6) is 0.845. The first-order valence-electron chi connectivity index (χ1n) is 21.1. The van der Waals surface area contributed by atoms with Gasteiger partial charge in [-0.2, -0.15) is 0 Å². The summed E-state index contributed by atoms with van der Waals surface area (Å²) in [4.78, 5) is 10.4. The second kappa shape index (κ2) is 16.0. The molecule has 4 nitrogen and oxygen atoms in total. The second-order valence-electron chi connectivity index (χ2n) is 16.9. The predicted molar refractivity (Wildman–Crippen MR) is 257 cm³/mol. The fraction of sp³-hybridized carbons (Fsp3) is 0.0690. The number of para-hydroxylation sites is 2. The summed E-state index contributed by atoms with van der Waals surface area (Å²) in [7, 11) is 0. The van der Waals surface area contributed by atoms with Crippen molar-refractivity contribution in [1.82, 2.24) is 14.5 Å². The fourth-order valence-corrected chi connectivity index (χ4v) is 8.39. The number of pyridine rings is 1. The van der Waals surface area contributed by atoms with Crippen molar-refractivity contribution in [2.24, 2.45) is 0 Å². The number of nitrogens with zero attached hydrogens (tertiary/aromatic N) is 3. The van der Waals surface area contributed by atoms with E-state index < -0.39 is 0 Å². The van der Waals surface area contributed by atoms with Gasteiger partial charge in [0.05, 0.1) is 22.3 Å². The number of fused-ring (bicyclic) bond motifs is 1. The molecule has 0 spiro atoms. The number of rotatable bonds is 8. The molecule has 0 amide bonds. The number of hydrogen-bond acceptors (Lipinski definition) is 3. The van der Waals surface area contributed by atoms with Crippen molar-refractivity contribution in [3.8, 4) is 89.7 Å². The zero-order valence-electron chi connectivity index (χ0n) is 35.0. The molecule has 0 aliphatic rings. The van der Waals surface area contributed by atoms with Gasteiger partial charge in [0.1, 0.15) is 11.6 Å². The third-order valence-corrected chi connectivity index (χ3v) is 11.7. The average Bonchev–Trinajstić information content (AvgIpc) is 3.72. The Balaban J connectivity index is 1.16. The summed E-state index contributed by atoms with van der Waals surface area (Å²) < 4.78 is 2.21. The molecule has 8 aromatic carbocycles. The third kappa shape index (κ3) is 7.48. The maximum atomic E-state index is 11.4. The zero-order valence-corrected chi connectivity index (χ0v) is 35.0. The van der Waals surface area contributed by atoms with Crippen LogP contribution in [0.1, 0.15) is 26.3 Å². The van der Waals surface area contributed by atoms with Gasteiger partial charge in [-0.05, 0) is 122 Å². The maximum absolute atomic E-state index is 11.4. The third-order valence-electron chi connectivity index (χ3n) is 11.7. The SMILES string of the molecule is CC(C)(C)c1cc(-c2ccccc2)cc(-n2c(-c3ccccc3O)nc3c(-c4cc(-c5ccccc5)cc(-c5cc(-c6ccc(-c7ccccc7)cc6)ccn5)c4)cccc32)c1. The molecule has 0 saturated carbocycles. The van der Waals surface area contributed by atoms with Gasteiger partial charge in [-0.25, -0.2) is 4.98 Å². The molecule has 0 saturated heterocycles. The van der Waals surface area contributed by atoms with Crippen LogP contribution in [-0.2, 0) is 5.41 Å². The zero-order chi connectivity index (χ0) is 42.2. The number of aromatic hydroxyl groups is 1. The van der Waals surface area contributed by atoms with Gasteiger partial charge >= 0.3 is 0 Å². The molecule has 0 atom stereocenters. The Hall–Kier alpha value is -7.82. The maximum Gasteiger partial charge on any atom is 0.149 e. The Labute approximate surface area is 363 Å². The minimum absolute atomic E-state index is 0.124. The number of imidazole rings is 1. The summed E-state index contributed by atoms with van der Waals surface area (Å²) in [5.41, 5.74) is 17.5. The van der Waals surface area contributed by atoms with Crippen LogP contribution in [0.15, 0.2) is 212 Å². The van der Waals surface area contributed by atoms with Crippen LogP contribution in [0.5, 0.6) is 5.75 Å². The van der Waals surface area contributed by atoms with E-state index in [4.69, 9.17) is 9.97 Å². The van der Waals surface area contributed by atoms with Gasteiger partial charge in [0, 0.05) is 23.0 Å². The number of phenolic OH excluding ortho intramolecular Hbond substituents is 1. The topological polar surface area (TPSA) is 50.9 Å². The lowest BCUT2D eigenvalue weighted by atomic mass is 9.85. The Morgan fingerprint density at radius 1 is 0.419 bits per heavy atom. The van der Waals surface area contributed by atoms with Crippen LogP contribution in [0, 0.1) is 0 Å². The first kappa shape index (κ1) is 38.4. The predicted octanol–water partition coefficient (Wildman–Crippen LogP) is 15.1. The highest BCUT2D eigenvalue weighted by Crippen LogP contribution is 2.41. The molecule has 2 heterocycles. The highest BCUT2D eigenvalue weighted by Gasteiger charge is 2.23. The van der Waals surface area contributed by atoms with E-state index in [9.17, 15) is 5.11 Å². The van der Waals surface area contributed by atoms with Crippen LogP contribution in [0.3, 0.4) is 0 Å². The summed E-state index contributed by atoms with van der Waals surface area (Å²) in [5, 5.41) is 11.4. The molecule has 2 aromatic heterocycles. The molecule has 10 rings (SSSR count). The lowest BCUT2D eigenvalue weighted by Crippen LogP contribution is -2.12. The fourth-order valence-electron chi connectivity index (χ4n) is 8.39. The molecule has 0 radical (unpaired) electrons. The Morgan fingerprint density at radius 3 is 1.60 bits per heavy atom. The summed E-state index contributed by atoms with van der Waals surface area (Å²) >= 11 is 0. The van der Waals surface area contributed by atoms with E-state index in [2.05, 4.69) is 195 Å². The van der Waals surface area contributed by atoms with E-state index in [1.165, 1.54) is 16.7 Å². The first-order valence-corrected chi connectivity index (χ1v) is 21.1. The van der Waals surface area contributed by atoms with Gasteiger partial charge in [0.25, 0.3) is 0 Å².